The Morgan fingerprint density at radius 2 is 2.05 bits per heavy atom. The minimum absolute atomic E-state index is 0.0533. The van der Waals surface area contributed by atoms with E-state index in [9.17, 15) is 9.59 Å². The van der Waals surface area contributed by atoms with E-state index in [1.165, 1.54) is 5.56 Å². The van der Waals surface area contributed by atoms with Gasteiger partial charge in [0.1, 0.15) is 0 Å². The number of likely N-dealkylation sites (N-methyl/N-ethyl adjacent to an activating group) is 1. The Morgan fingerprint density at radius 3 is 2.68 bits per heavy atom. The van der Waals surface area contributed by atoms with Gasteiger partial charge in [-0.3, -0.25) is 9.59 Å². The van der Waals surface area contributed by atoms with Crippen LogP contribution in [-0.2, 0) is 21.5 Å². The van der Waals surface area contributed by atoms with Crippen molar-refractivity contribution in [1.29, 1.82) is 0 Å². The van der Waals surface area contributed by atoms with E-state index < -0.39 is 5.54 Å². The summed E-state index contributed by atoms with van der Waals surface area (Å²) < 4.78 is 0. The van der Waals surface area contributed by atoms with Crippen molar-refractivity contribution < 1.29 is 9.59 Å². The lowest BCUT2D eigenvalue weighted by atomic mass is 9.79. The Labute approximate surface area is 113 Å². The summed E-state index contributed by atoms with van der Waals surface area (Å²) in [6, 6.07) is 8.19. The quantitative estimate of drug-likeness (QED) is 0.700. The third-order valence-corrected chi connectivity index (χ3v) is 4.39. The summed E-state index contributed by atoms with van der Waals surface area (Å²) in [4.78, 5) is 27.6. The summed E-state index contributed by atoms with van der Waals surface area (Å²) in [7, 11) is 1.81. The molecule has 1 aromatic rings. The van der Waals surface area contributed by atoms with Crippen LogP contribution in [0.1, 0.15) is 24.5 Å². The van der Waals surface area contributed by atoms with Gasteiger partial charge in [0.15, 0.2) is 0 Å². The highest BCUT2D eigenvalue weighted by Gasteiger charge is 2.50. The smallest absolute Gasteiger partial charge is 0.225 e. The predicted octanol–water partition coefficient (Wildman–Crippen LogP) is 1.15. The normalized spacial score (nSPS) is 25.9. The van der Waals surface area contributed by atoms with Crippen LogP contribution in [0, 0.1) is 0 Å². The van der Waals surface area contributed by atoms with Crippen LogP contribution >= 0.6 is 0 Å². The molecule has 1 spiro atoms. The second-order valence-corrected chi connectivity index (χ2v) is 5.54. The van der Waals surface area contributed by atoms with Gasteiger partial charge in [0.2, 0.25) is 11.8 Å². The Hall–Kier alpha value is -1.84. The lowest BCUT2D eigenvalue weighted by Crippen LogP contribution is -2.54. The molecule has 1 unspecified atom stereocenters. The van der Waals surface area contributed by atoms with Gasteiger partial charge in [0, 0.05) is 27.1 Å². The van der Waals surface area contributed by atoms with Crippen LogP contribution in [-0.4, -0.2) is 41.8 Å². The molecule has 2 aliphatic rings. The van der Waals surface area contributed by atoms with E-state index in [2.05, 4.69) is 12.1 Å². The second kappa shape index (κ2) is 4.08. The number of fused-ring (bicyclic) bond motifs is 2. The number of likely N-dealkylation sites (tertiary alicyclic amines) is 1. The number of rotatable bonds is 0. The first-order chi connectivity index (χ1) is 9.04. The van der Waals surface area contributed by atoms with Gasteiger partial charge < -0.3 is 9.80 Å². The molecule has 0 radical (unpaired) electrons. The molecular formula is C15H18N2O2. The Bertz CT molecular complexity index is 555. The van der Waals surface area contributed by atoms with Gasteiger partial charge in [-0.05, 0) is 17.5 Å². The van der Waals surface area contributed by atoms with Gasteiger partial charge in [0.05, 0.1) is 12.0 Å². The lowest BCUT2D eigenvalue weighted by molar-refractivity contribution is -0.136. The molecule has 1 aromatic carbocycles. The first-order valence-corrected chi connectivity index (χ1v) is 6.65. The maximum atomic E-state index is 12.0. The fourth-order valence-corrected chi connectivity index (χ4v) is 3.53. The molecule has 1 fully saturated rings. The summed E-state index contributed by atoms with van der Waals surface area (Å²) in [5, 5.41) is 0. The molecule has 3 rings (SSSR count). The molecule has 1 saturated heterocycles. The van der Waals surface area contributed by atoms with E-state index in [-0.39, 0.29) is 11.8 Å². The van der Waals surface area contributed by atoms with Gasteiger partial charge in [-0.25, -0.2) is 0 Å². The van der Waals surface area contributed by atoms with Crippen LogP contribution in [0.15, 0.2) is 24.3 Å². The van der Waals surface area contributed by atoms with E-state index in [4.69, 9.17) is 0 Å². The summed E-state index contributed by atoms with van der Waals surface area (Å²) in [6.07, 6.45) is 1.27. The van der Waals surface area contributed by atoms with Crippen molar-refractivity contribution in [2.75, 3.05) is 20.1 Å². The summed E-state index contributed by atoms with van der Waals surface area (Å²) in [6.45, 7) is 2.90. The van der Waals surface area contributed by atoms with Crippen molar-refractivity contribution >= 4 is 11.8 Å². The molecule has 4 heteroatoms. The third kappa shape index (κ3) is 1.66. The number of nitrogens with zero attached hydrogens (tertiary/aromatic N) is 2. The standard InChI is InChI=1S/C15H18N2O2/c1-11(18)17-8-7-12-5-3-4-6-13(12)15(17)9-14(19)16(2)10-15/h3-6H,7-10H2,1-2H3. The zero-order chi connectivity index (χ0) is 13.6. The Balaban J connectivity index is 2.16. The topological polar surface area (TPSA) is 40.6 Å². The number of hydrogen-bond donors (Lipinski definition) is 0. The highest BCUT2D eigenvalue weighted by molar-refractivity contribution is 5.84. The SMILES string of the molecule is CC(=O)N1CCc2ccccc2C12CC(=O)N(C)C2. The first kappa shape index (κ1) is 12.2. The molecular weight excluding hydrogens is 240 g/mol. The van der Waals surface area contributed by atoms with E-state index in [1.807, 2.05) is 24.1 Å². The lowest BCUT2D eigenvalue weighted by Gasteiger charge is -2.45. The molecule has 19 heavy (non-hydrogen) atoms. The molecule has 2 amide bonds. The highest BCUT2D eigenvalue weighted by Crippen LogP contribution is 2.42. The Kier molecular flexibility index (Phi) is 2.62. The van der Waals surface area contributed by atoms with Crippen LogP contribution < -0.4 is 0 Å². The molecule has 100 valence electrons. The van der Waals surface area contributed by atoms with Crippen molar-refractivity contribution in [2.24, 2.45) is 0 Å². The van der Waals surface area contributed by atoms with E-state index >= 15 is 0 Å². The zero-order valence-corrected chi connectivity index (χ0v) is 11.3. The van der Waals surface area contributed by atoms with Crippen LogP contribution in [0.2, 0.25) is 0 Å². The summed E-state index contributed by atoms with van der Waals surface area (Å²) in [5.41, 5.74) is 1.96. The van der Waals surface area contributed by atoms with Gasteiger partial charge >= 0.3 is 0 Å². The van der Waals surface area contributed by atoms with Crippen LogP contribution in [0.3, 0.4) is 0 Å². The molecule has 2 heterocycles. The largest absolute Gasteiger partial charge is 0.343 e. The van der Waals surface area contributed by atoms with Gasteiger partial charge in [-0.2, -0.15) is 0 Å². The average Bonchev–Trinajstić information content (AvgIpc) is 2.66. The molecule has 0 aliphatic carbocycles. The van der Waals surface area contributed by atoms with Crippen molar-refractivity contribution in [1.82, 2.24) is 9.80 Å². The number of carbonyl (C=O) groups excluding carboxylic acids is 2. The first-order valence-electron chi connectivity index (χ1n) is 6.65. The van der Waals surface area contributed by atoms with Crippen LogP contribution in [0.4, 0.5) is 0 Å². The van der Waals surface area contributed by atoms with E-state index in [0.29, 0.717) is 19.5 Å². The second-order valence-electron chi connectivity index (χ2n) is 5.54. The molecule has 4 nitrogen and oxygen atoms in total. The number of amides is 2. The number of benzene rings is 1. The minimum atomic E-state index is -0.452. The fourth-order valence-electron chi connectivity index (χ4n) is 3.53. The minimum Gasteiger partial charge on any atom is -0.343 e. The molecule has 1 atom stereocenters. The van der Waals surface area contributed by atoms with E-state index in [1.54, 1.807) is 11.8 Å². The molecule has 0 N–H and O–H groups in total. The summed E-state index contributed by atoms with van der Waals surface area (Å²) in [5.74, 6) is 0.167. The van der Waals surface area contributed by atoms with Crippen molar-refractivity contribution in [3.63, 3.8) is 0 Å². The number of carbonyl (C=O) groups is 2. The van der Waals surface area contributed by atoms with Crippen molar-refractivity contribution in [3.8, 4) is 0 Å². The van der Waals surface area contributed by atoms with Gasteiger partial charge in [0.25, 0.3) is 0 Å². The van der Waals surface area contributed by atoms with Crippen LogP contribution in [0.5, 0.6) is 0 Å². The van der Waals surface area contributed by atoms with Crippen molar-refractivity contribution in [3.05, 3.63) is 35.4 Å². The van der Waals surface area contributed by atoms with Gasteiger partial charge in [-0.1, -0.05) is 24.3 Å². The third-order valence-electron chi connectivity index (χ3n) is 4.39. The maximum Gasteiger partial charge on any atom is 0.225 e. The van der Waals surface area contributed by atoms with Crippen molar-refractivity contribution in [2.45, 2.75) is 25.3 Å². The summed E-state index contributed by atoms with van der Waals surface area (Å²) >= 11 is 0. The molecule has 0 aromatic heterocycles. The molecule has 0 bridgehead atoms. The average molecular weight is 258 g/mol. The highest BCUT2D eigenvalue weighted by atomic mass is 16.2. The van der Waals surface area contributed by atoms with Gasteiger partial charge in [-0.15, -0.1) is 0 Å². The maximum absolute atomic E-state index is 12.0. The molecule has 0 saturated carbocycles. The monoisotopic (exact) mass is 258 g/mol. The fraction of sp³-hybridized carbons (Fsp3) is 0.467. The predicted molar refractivity (Wildman–Crippen MR) is 71.5 cm³/mol. The van der Waals surface area contributed by atoms with E-state index in [0.717, 1.165) is 12.0 Å². The molecule has 2 aliphatic heterocycles. The zero-order valence-electron chi connectivity index (χ0n) is 11.3. The van der Waals surface area contributed by atoms with Crippen LogP contribution in [0.25, 0.3) is 0 Å². The Morgan fingerprint density at radius 1 is 1.32 bits per heavy atom. The number of hydrogen-bond acceptors (Lipinski definition) is 2.